The number of nitrogens with one attached hydrogen (secondary N) is 2. The standard InChI is InChI=1S/C16H11ClN6O2/c17-10-2-1-3-11(7-10)19-13-4-5-23-14(21-13)9(8-18-23)6-12-15(24)22-16(25)20-12/h1-8,24H,(H2,20,22,25). The Balaban J connectivity index is 1.88. The normalized spacial score (nSPS) is 13.0. The van der Waals surface area contributed by atoms with Crippen LogP contribution < -0.4 is 16.4 Å². The molecule has 0 unspecified atom stereocenters. The molecule has 0 atom stereocenters. The van der Waals surface area contributed by atoms with E-state index < -0.39 is 5.69 Å². The zero-order chi connectivity index (χ0) is 17.4. The summed E-state index contributed by atoms with van der Waals surface area (Å²) in [5.74, 6) is -0.246. The molecule has 3 N–H and O–H groups in total. The third-order valence-corrected chi connectivity index (χ3v) is 3.70. The minimum atomic E-state index is -0.496. The van der Waals surface area contributed by atoms with Gasteiger partial charge in [-0.25, -0.2) is 19.3 Å². The largest absolute Gasteiger partial charge is 0.493 e. The van der Waals surface area contributed by atoms with Crippen LogP contribution in [0.5, 0.6) is 5.88 Å². The van der Waals surface area contributed by atoms with E-state index in [4.69, 9.17) is 11.6 Å². The zero-order valence-electron chi connectivity index (χ0n) is 12.6. The lowest BCUT2D eigenvalue weighted by atomic mass is 10.3. The van der Waals surface area contributed by atoms with Gasteiger partial charge in [-0.05, 0) is 24.3 Å². The Hall–Kier alpha value is -3.39. The fourth-order valence-electron chi connectivity index (χ4n) is 2.37. The topological polar surface area (TPSA) is 111 Å². The van der Waals surface area contributed by atoms with Crippen LogP contribution in [0.15, 0.2) is 52.5 Å². The predicted molar refractivity (Wildman–Crippen MR) is 91.5 cm³/mol. The lowest BCUT2D eigenvalue weighted by molar-refractivity contribution is 0.454. The second-order valence-electron chi connectivity index (χ2n) is 5.23. The first-order valence-electron chi connectivity index (χ1n) is 7.26. The van der Waals surface area contributed by atoms with Gasteiger partial charge in [0.15, 0.2) is 11.1 Å². The summed E-state index contributed by atoms with van der Waals surface area (Å²) >= 11 is 5.97. The van der Waals surface area contributed by atoms with Crippen LogP contribution in [-0.4, -0.2) is 29.7 Å². The fourth-order valence-corrected chi connectivity index (χ4v) is 2.55. The minimum Gasteiger partial charge on any atom is -0.493 e. The molecular formula is C16H11ClN6O2. The molecule has 0 saturated heterocycles. The van der Waals surface area contributed by atoms with E-state index in [2.05, 4.69) is 25.0 Å². The molecule has 0 fully saturated rings. The van der Waals surface area contributed by atoms with Gasteiger partial charge in [0.1, 0.15) is 5.69 Å². The van der Waals surface area contributed by atoms with Crippen molar-refractivity contribution in [3.8, 4) is 5.88 Å². The summed E-state index contributed by atoms with van der Waals surface area (Å²) < 4.78 is 1.57. The number of aromatic hydroxyl groups is 1. The molecule has 0 radical (unpaired) electrons. The summed E-state index contributed by atoms with van der Waals surface area (Å²) in [5.41, 5.74) is 1.45. The van der Waals surface area contributed by atoms with Gasteiger partial charge < -0.3 is 10.1 Å². The monoisotopic (exact) mass is 354 g/mol. The number of H-pyrrole nitrogens is 2. The molecule has 0 aliphatic rings. The van der Waals surface area contributed by atoms with Gasteiger partial charge in [0.25, 0.3) is 0 Å². The number of benzene rings is 1. The summed E-state index contributed by atoms with van der Waals surface area (Å²) in [6.07, 6.45) is 4.88. The highest BCUT2D eigenvalue weighted by Crippen LogP contribution is 2.16. The van der Waals surface area contributed by atoms with Gasteiger partial charge in [0, 0.05) is 22.5 Å². The molecule has 3 heterocycles. The molecule has 4 rings (SSSR count). The van der Waals surface area contributed by atoms with Crippen molar-refractivity contribution in [2.75, 3.05) is 0 Å². The van der Waals surface area contributed by atoms with Gasteiger partial charge in [-0.15, -0.1) is 0 Å². The summed E-state index contributed by atoms with van der Waals surface area (Å²) in [6, 6.07) is 8.86. The second kappa shape index (κ2) is 5.91. The highest BCUT2D eigenvalue weighted by molar-refractivity contribution is 6.30. The molecule has 0 aliphatic carbocycles. The first kappa shape index (κ1) is 15.2. The van der Waals surface area contributed by atoms with Crippen LogP contribution >= 0.6 is 11.6 Å². The van der Waals surface area contributed by atoms with Gasteiger partial charge in [-0.3, -0.25) is 4.98 Å². The zero-order valence-corrected chi connectivity index (χ0v) is 13.4. The number of aromatic nitrogens is 5. The number of imidazole rings is 1. The van der Waals surface area contributed by atoms with E-state index in [-0.39, 0.29) is 11.6 Å². The molecule has 0 bridgehead atoms. The molecular weight excluding hydrogens is 344 g/mol. The maximum Gasteiger partial charge on any atom is 0.326 e. The first-order valence-corrected chi connectivity index (χ1v) is 7.64. The maximum atomic E-state index is 11.2. The summed E-state index contributed by atoms with van der Waals surface area (Å²) in [4.78, 5) is 24.9. The van der Waals surface area contributed by atoms with Crippen LogP contribution in [0, 0.1) is 0 Å². The number of rotatable bonds is 2. The average Bonchev–Trinajstić information content (AvgIpc) is 3.11. The summed E-state index contributed by atoms with van der Waals surface area (Å²) in [7, 11) is 0. The number of nitrogens with zero attached hydrogens (tertiary/aromatic N) is 4. The van der Waals surface area contributed by atoms with Crippen LogP contribution in [0.25, 0.3) is 11.7 Å². The van der Waals surface area contributed by atoms with Crippen molar-refractivity contribution in [3.63, 3.8) is 0 Å². The molecule has 25 heavy (non-hydrogen) atoms. The molecule has 0 amide bonds. The number of halogens is 1. The van der Waals surface area contributed by atoms with Crippen LogP contribution in [-0.2, 0) is 0 Å². The third-order valence-electron chi connectivity index (χ3n) is 3.47. The molecule has 0 aliphatic heterocycles. The molecule has 4 aromatic rings. The molecule has 0 spiro atoms. The van der Waals surface area contributed by atoms with Gasteiger partial charge in [0.2, 0.25) is 5.88 Å². The third kappa shape index (κ3) is 3.02. The molecule has 9 heteroatoms. The predicted octanol–water partition coefficient (Wildman–Crippen LogP) is 0.885. The van der Waals surface area contributed by atoms with Gasteiger partial charge >= 0.3 is 5.69 Å². The Bertz CT molecular complexity index is 1250. The highest BCUT2D eigenvalue weighted by atomic mass is 35.5. The first-order chi connectivity index (χ1) is 12.1. The van der Waals surface area contributed by atoms with Crippen LogP contribution in [0.1, 0.15) is 5.69 Å². The van der Waals surface area contributed by atoms with Crippen molar-refractivity contribution in [3.05, 3.63) is 74.6 Å². The second-order valence-corrected chi connectivity index (χ2v) is 5.67. The number of aromatic amines is 2. The maximum absolute atomic E-state index is 11.2. The molecule has 3 aromatic heterocycles. The SMILES string of the molecule is O=c1[nH]c(O)c(C=c2cnn3ccc(=Nc4cccc(Cl)c4)nc23)[nH]1. The van der Waals surface area contributed by atoms with E-state index in [1.54, 1.807) is 41.2 Å². The smallest absolute Gasteiger partial charge is 0.326 e. The summed E-state index contributed by atoms with van der Waals surface area (Å²) in [6.45, 7) is 0. The number of fused-ring (bicyclic) bond motifs is 1. The average molecular weight is 355 g/mol. The molecule has 0 saturated carbocycles. The Kier molecular flexibility index (Phi) is 3.58. The fraction of sp³-hybridized carbons (Fsp3) is 0. The van der Waals surface area contributed by atoms with Crippen LogP contribution in [0.4, 0.5) is 5.69 Å². The highest BCUT2D eigenvalue weighted by Gasteiger charge is 2.04. The van der Waals surface area contributed by atoms with E-state index in [0.29, 0.717) is 27.1 Å². The van der Waals surface area contributed by atoms with Gasteiger partial charge in [-0.2, -0.15) is 5.10 Å². The minimum absolute atomic E-state index is 0.246. The van der Waals surface area contributed by atoms with E-state index in [0.717, 1.165) is 0 Å². The van der Waals surface area contributed by atoms with Gasteiger partial charge in [0.05, 0.1) is 11.9 Å². The quantitative estimate of drug-likeness (QED) is 0.496. The Labute approximate surface area is 144 Å². The van der Waals surface area contributed by atoms with Crippen molar-refractivity contribution in [2.24, 2.45) is 4.99 Å². The van der Waals surface area contributed by atoms with Crippen LogP contribution in [0.2, 0.25) is 5.02 Å². The van der Waals surface area contributed by atoms with E-state index >= 15 is 0 Å². The van der Waals surface area contributed by atoms with Crippen molar-refractivity contribution in [2.45, 2.75) is 0 Å². The summed E-state index contributed by atoms with van der Waals surface area (Å²) in [5, 5.41) is 15.1. The number of hydrogen-bond acceptors (Lipinski definition) is 5. The van der Waals surface area contributed by atoms with Crippen molar-refractivity contribution >= 4 is 29.0 Å². The van der Waals surface area contributed by atoms with E-state index in [1.807, 2.05) is 12.1 Å². The van der Waals surface area contributed by atoms with E-state index in [9.17, 15) is 9.90 Å². The van der Waals surface area contributed by atoms with Crippen molar-refractivity contribution in [1.29, 1.82) is 0 Å². The Morgan fingerprint density at radius 1 is 1.28 bits per heavy atom. The Morgan fingerprint density at radius 2 is 2.16 bits per heavy atom. The van der Waals surface area contributed by atoms with Crippen molar-refractivity contribution < 1.29 is 5.11 Å². The van der Waals surface area contributed by atoms with Crippen LogP contribution in [0.3, 0.4) is 0 Å². The Morgan fingerprint density at radius 3 is 2.92 bits per heavy atom. The van der Waals surface area contributed by atoms with Gasteiger partial charge in [-0.1, -0.05) is 17.7 Å². The molecule has 8 nitrogen and oxygen atoms in total. The van der Waals surface area contributed by atoms with E-state index in [1.165, 1.54) is 0 Å². The number of hydrogen-bond donors (Lipinski definition) is 3. The van der Waals surface area contributed by atoms with Crippen molar-refractivity contribution in [1.82, 2.24) is 24.6 Å². The molecule has 124 valence electrons. The lowest BCUT2D eigenvalue weighted by Gasteiger charge is -1.95. The lowest BCUT2D eigenvalue weighted by Crippen LogP contribution is -2.12. The molecule has 1 aromatic carbocycles.